The molecule has 0 atom stereocenters. The summed E-state index contributed by atoms with van der Waals surface area (Å²) in [6, 6.07) is 6.80. The molecule has 5 nitrogen and oxygen atoms in total. The molecule has 2 aromatic rings. The largest absolute Gasteiger partial charge is 0.352 e. The van der Waals surface area contributed by atoms with Crippen LogP contribution < -0.4 is 10.9 Å². The third-order valence-electron chi connectivity index (χ3n) is 6.36. The zero-order valence-electron chi connectivity index (χ0n) is 18.7. The van der Waals surface area contributed by atoms with E-state index in [1.807, 2.05) is 13.8 Å². The molecule has 0 radical (unpaired) electrons. The Kier molecular flexibility index (Phi) is 6.38. The molecule has 0 spiro atoms. The molecule has 2 aliphatic rings. The molecule has 1 aromatic heterocycles. The van der Waals surface area contributed by atoms with E-state index in [0.29, 0.717) is 41.2 Å². The maximum atomic E-state index is 13.5. The van der Waals surface area contributed by atoms with E-state index in [0.717, 1.165) is 19.3 Å². The highest BCUT2D eigenvalue weighted by molar-refractivity contribution is 6.30. The number of hydrogen-bond donors (Lipinski definition) is 1. The minimum absolute atomic E-state index is 0.0413. The summed E-state index contributed by atoms with van der Waals surface area (Å²) in [4.78, 5) is 39.7. The summed E-state index contributed by atoms with van der Waals surface area (Å²) >= 11 is 6.00. The van der Waals surface area contributed by atoms with Gasteiger partial charge in [0.05, 0.1) is 0 Å². The molecule has 168 valence electrons. The molecule has 0 unspecified atom stereocenters. The van der Waals surface area contributed by atoms with E-state index in [1.165, 1.54) is 23.0 Å². The van der Waals surface area contributed by atoms with Crippen molar-refractivity contribution in [3.63, 3.8) is 0 Å². The molecule has 0 saturated carbocycles. The molecule has 6 heteroatoms. The van der Waals surface area contributed by atoms with Crippen LogP contribution in [0, 0.1) is 5.41 Å². The van der Waals surface area contributed by atoms with Crippen molar-refractivity contribution in [3.8, 4) is 5.69 Å². The van der Waals surface area contributed by atoms with E-state index in [9.17, 15) is 14.4 Å². The van der Waals surface area contributed by atoms with Gasteiger partial charge in [0.15, 0.2) is 5.78 Å². The molecule has 1 amide bonds. The van der Waals surface area contributed by atoms with Crippen LogP contribution in [0.25, 0.3) is 5.69 Å². The fraction of sp³-hybridized carbons (Fsp3) is 0.423. The van der Waals surface area contributed by atoms with Crippen LogP contribution in [0.4, 0.5) is 0 Å². The van der Waals surface area contributed by atoms with E-state index in [4.69, 9.17) is 11.6 Å². The van der Waals surface area contributed by atoms with Gasteiger partial charge in [-0.15, -0.1) is 0 Å². The zero-order chi connectivity index (χ0) is 22.9. The Morgan fingerprint density at radius 2 is 1.88 bits per heavy atom. The Balaban J connectivity index is 1.72. The number of ketones is 1. The minimum Gasteiger partial charge on any atom is -0.352 e. The average molecular weight is 453 g/mol. The van der Waals surface area contributed by atoms with Gasteiger partial charge in [-0.2, -0.15) is 0 Å². The number of amides is 1. The number of carbonyl (C=O) groups is 2. The summed E-state index contributed by atoms with van der Waals surface area (Å²) in [7, 11) is 0. The average Bonchev–Trinajstić information content (AvgIpc) is 2.74. The van der Waals surface area contributed by atoms with Crippen LogP contribution in [0.2, 0.25) is 5.02 Å². The first kappa shape index (κ1) is 22.5. The van der Waals surface area contributed by atoms with Gasteiger partial charge in [0.1, 0.15) is 5.56 Å². The van der Waals surface area contributed by atoms with Gasteiger partial charge in [-0.25, -0.2) is 0 Å². The van der Waals surface area contributed by atoms with Crippen molar-refractivity contribution in [3.05, 3.63) is 74.2 Å². The van der Waals surface area contributed by atoms with Crippen molar-refractivity contribution >= 4 is 23.3 Å². The third-order valence-corrected chi connectivity index (χ3v) is 6.61. The Morgan fingerprint density at radius 1 is 1.12 bits per heavy atom. The van der Waals surface area contributed by atoms with Crippen molar-refractivity contribution in [2.75, 3.05) is 6.54 Å². The lowest BCUT2D eigenvalue weighted by Crippen LogP contribution is -2.39. The predicted molar refractivity (Wildman–Crippen MR) is 127 cm³/mol. The molecule has 2 aliphatic carbocycles. The molecule has 32 heavy (non-hydrogen) atoms. The second-order valence-corrected chi connectivity index (χ2v) is 10.0. The lowest BCUT2D eigenvalue weighted by Gasteiger charge is -2.31. The van der Waals surface area contributed by atoms with E-state index in [2.05, 4.69) is 11.4 Å². The summed E-state index contributed by atoms with van der Waals surface area (Å²) in [6.45, 7) is 4.47. The SMILES string of the molecule is CC1(C)CC(=O)c2cn(-c3ccc(Cl)cc3)c(=O)c(C(=O)NCCC3=CCCCC3)c2C1. The van der Waals surface area contributed by atoms with Crippen LogP contribution in [0.3, 0.4) is 0 Å². The molecule has 0 aliphatic heterocycles. The summed E-state index contributed by atoms with van der Waals surface area (Å²) in [5.41, 5.74) is 2.32. The number of hydrogen-bond acceptors (Lipinski definition) is 3. The van der Waals surface area contributed by atoms with Gasteiger partial charge in [-0.1, -0.05) is 37.1 Å². The van der Waals surface area contributed by atoms with Gasteiger partial charge in [0.25, 0.3) is 11.5 Å². The van der Waals surface area contributed by atoms with E-state index in [-0.39, 0.29) is 16.8 Å². The second-order valence-electron chi connectivity index (χ2n) is 9.60. The Bertz CT molecular complexity index is 1140. The number of nitrogens with one attached hydrogen (secondary N) is 1. The van der Waals surface area contributed by atoms with Gasteiger partial charge >= 0.3 is 0 Å². The number of benzene rings is 1. The third kappa shape index (κ3) is 4.73. The molecule has 4 rings (SSSR count). The summed E-state index contributed by atoms with van der Waals surface area (Å²) < 4.78 is 1.39. The molecule has 0 bridgehead atoms. The summed E-state index contributed by atoms with van der Waals surface area (Å²) in [5.74, 6) is -0.447. The molecule has 0 fully saturated rings. The fourth-order valence-corrected chi connectivity index (χ4v) is 4.85. The molecular weight excluding hydrogens is 424 g/mol. The van der Waals surface area contributed by atoms with Crippen molar-refractivity contribution < 1.29 is 9.59 Å². The number of nitrogens with zero attached hydrogens (tertiary/aromatic N) is 1. The van der Waals surface area contributed by atoms with Crippen LogP contribution in [0.5, 0.6) is 0 Å². The molecule has 1 N–H and O–H groups in total. The summed E-state index contributed by atoms with van der Waals surface area (Å²) in [5, 5.41) is 3.49. The van der Waals surface area contributed by atoms with Gasteiger partial charge in [0.2, 0.25) is 0 Å². The standard InChI is InChI=1S/C26H29ClN2O3/c1-26(2)14-20-21(22(30)15-26)16-29(19-10-8-18(27)9-11-19)25(32)23(20)24(31)28-13-12-17-6-4-3-5-7-17/h6,8-11,16H,3-5,7,12-15H2,1-2H3,(H,28,31). The highest BCUT2D eigenvalue weighted by atomic mass is 35.5. The lowest BCUT2D eigenvalue weighted by atomic mass is 9.73. The molecular formula is C26H29ClN2O3. The topological polar surface area (TPSA) is 68.2 Å². The van der Waals surface area contributed by atoms with Crippen LogP contribution in [-0.2, 0) is 6.42 Å². The number of rotatable bonds is 5. The van der Waals surface area contributed by atoms with E-state index < -0.39 is 11.5 Å². The van der Waals surface area contributed by atoms with Crippen LogP contribution in [0.1, 0.15) is 78.7 Å². The smallest absolute Gasteiger partial charge is 0.268 e. The number of Topliss-reactive ketones (excluding diaryl/α,β-unsaturated/α-hetero) is 1. The number of carbonyl (C=O) groups excluding carboxylic acids is 2. The van der Waals surface area contributed by atoms with Crippen LogP contribution in [0.15, 0.2) is 46.9 Å². The number of fused-ring (bicyclic) bond motifs is 1. The Morgan fingerprint density at radius 3 is 2.56 bits per heavy atom. The number of aromatic nitrogens is 1. The highest BCUT2D eigenvalue weighted by Gasteiger charge is 2.35. The molecule has 1 aromatic carbocycles. The summed E-state index contributed by atoms with van der Waals surface area (Å²) in [6.07, 6.45) is 10.1. The fourth-order valence-electron chi connectivity index (χ4n) is 4.73. The zero-order valence-corrected chi connectivity index (χ0v) is 19.4. The first-order valence-electron chi connectivity index (χ1n) is 11.3. The van der Waals surface area contributed by atoms with Gasteiger partial charge in [-0.3, -0.25) is 19.0 Å². The van der Waals surface area contributed by atoms with Gasteiger partial charge < -0.3 is 5.32 Å². The van der Waals surface area contributed by atoms with Crippen molar-refractivity contribution in [1.82, 2.24) is 9.88 Å². The first-order valence-corrected chi connectivity index (χ1v) is 11.7. The van der Waals surface area contributed by atoms with Crippen molar-refractivity contribution in [2.24, 2.45) is 5.41 Å². The van der Waals surface area contributed by atoms with E-state index >= 15 is 0 Å². The van der Waals surface area contributed by atoms with Crippen molar-refractivity contribution in [2.45, 2.75) is 58.8 Å². The van der Waals surface area contributed by atoms with Crippen LogP contribution in [-0.4, -0.2) is 22.8 Å². The van der Waals surface area contributed by atoms with E-state index in [1.54, 1.807) is 30.5 Å². The number of allylic oxidation sites excluding steroid dienone is 1. The lowest BCUT2D eigenvalue weighted by molar-refractivity contribution is 0.0909. The maximum Gasteiger partial charge on any atom is 0.268 e. The first-order chi connectivity index (χ1) is 15.2. The van der Waals surface area contributed by atoms with Gasteiger partial charge in [-0.05, 0) is 73.8 Å². The van der Waals surface area contributed by atoms with Crippen molar-refractivity contribution in [1.29, 1.82) is 0 Å². The number of halogens is 1. The highest BCUT2D eigenvalue weighted by Crippen LogP contribution is 2.35. The Hall–Kier alpha value is -2.66. The number of pyridine rings is 1. The van der Waals surface area contributed by atoms with Gasteiger partial charge in [0, 0.05) is 35.4 Å². The van der Waals surface area contributed by atoms with Crippen LogP contribution >= 0.6 is 11.6 Å². The molecule has 0 saturated heterocycles. The predicted octanol–water partition coefficient (Wildman–Crippen LogP) is 5.27. The monoisotopic (exact) mass is 452 g/mol. The Labute approximate surface area is 193 Å². The molecule has 1 heterocycles. The second kappa shape index (κ2) is 9.07. The normalized spacial score (nSPS) is 17.5. The maximum absolute atomic E-state index is 13.5. The minimum atomic E-state index is -0.411. The quantitative estimate of drug-likeness (QED) is 0.628.